The summed E-state index contributed by atoms with van der Waals surface area (Å²) in [5.74, 6) is 2.64. The van der Waals surface area contributed by atoms with Crippen LogP contribution in [0.15, 0.2) is 35.2 Å². The summed E-state index contributed by atoms with van der Waals surface area (Å²) in [5.41, 5.74) is 0. The molecule has 0 saturated carbocycles. The number of hydrogen-bond donors (Lipinski definition) is 1. The number of nitrogens with zero attached hydrogens (tertiary/aromatic N) is 3. The van der Waals surface area contributed by atoms with Gasteiger partial charge in [-0.3, -0.25) is 0 Å². The van der Waals surface area contributed by atoms with Crippen LogP contribution in [-0.2, 0) is 6.54 Å². The molecule has 1 N–H and O–H groups in total. The second kappa shape index (κ2) is 6.05. The first-order valence-electron chi connectivity index (χ1n) is 6.16. The van der Waals surface area contributed by atoms with E-state index in [1.165, 1.54) is 0 Å². The molecule has 0 aliphatic carbocycles. The Bertz CT molecular complexity index is 466. The van der Waals surface area contributed by atoms with Crippen LogP contribution in [0, 0.1) is 0 Å². The molecule has 0 atom stereocenters. The molecule has 0 unspecified atom stereocenters. The SMILES string of the molecule is CCN(CC)c1cc(NCc2ccco2)ncn1. The van der Waals surface area contributed by atoms with Gasteiger partial charge in [-0.05, 0) is 26.0 Å². The molecule has 0 aliphatic rings. The smallest absolute Gasteiger partial charge is 0.134 e. The second-order valence-corrected chi connectivity index (χ2v) is 3.87. The standard InChI is InChI=1S/C13H18N4O/c1-3-17(4-2)13-8-12(15-10-16-13)14-9-11-6-5-7-18-11/h5-8,10H,3-4,9H2,1-2H3,(H,14,15,16). The Labute approximate surface area is 107 Å². The van der Waals surface area contributed by atoms with Crippen molar-refractivity contribution in [2.75, 3.05) is 23.3 Å². The maximum atomic E-state index is 5.26. The van der Waals surface area contributed by atoms with Gasteiger partial charge < -0.3 is 14.6 Å². The molecule has 5 nitrogen and oxygen atoms in total. The van der Waals surface area contributed by atoms with Gasteiger partial charge in [-0.15, -0.1) is 0 Å². The molecule has 96 valence electrons. The van der Waals surface area contributed by atoms with Crippen LogP contribution in [0.4, 0.5) is 11.6 Å². The van der Waals surface area contributed by atoms with E-state index in [1.54, 1.807) is 12.6 Å². The third-order valence-corrected chi connectivity index (χ3v) is 2.76. The van der Waals surface area contributed by atoms with Crippen LogP contribution < -0.4 is 10.2 Å². The number of rotatable bonds is 6. The minimum absolute atomic E-state index is 0.627. The molecule has 0 aromatic carbocycles. The van der Waals surface area contributed by atoms with Gasteiger partial charge in [0.1, 0.15) is 23.7 Å². The molecule has 0 bridgehead atoms. The first-order chi connectivity index (χ1) is 8.83. The average Bonchev–Trinajstić information content (AvgIpc) is 2.92. The lowest BCUT2D eigenvalue weighted by atomic mass is 10.4. The molecular formula is C13H18N4O. The number of hydrogen-bond acceptors (Lipinski definition) is 5. The van der Waals surface area contributed by atoms with Crippen LogP contribution in [0.25, 0.3) is 0 Å². The Morgan fingerprint density at radius 3 is 2.78 bits per heavy atom. The summed E-state index contributed by atoms with van der Waals surface area (Å²) >= 11 is 0. The highest BCUT2D eigenvalue weighted by molar-refractivity contribution is 5.48. The molecular weight excluding hydrogens is 228 g/mol. The Balaban J connectivity index is 2.02. The van der Waals surface area contributed by atoms with Crippen molar-refractivity contribution in [1.29, 1.82) is 0 Å². The van der Waals surface area contributed by atoms with Crippen LogP contribution in [0.3, 0.4) is 0 Å². The van der Waals surface area contributed by atoms with Gasteiger partial charge in [0.25, 0.3) is 0 Å². The fraction of sp³-hybridized carbons (Fsp3) is 0.385. The summed E-state index contributed by atoms with van der Waals surface area (Å²) in [6.45, 7) is 6.72. The Morgan fingerprint density at radius 2 is 2.11 bits per heavy atom. The van der Waals surface area contributed by atoms with E-state index < -0.39 is 0 Å². The van der Waals surface area contributed by atoms with Crippen molar-refractivity contribution in [2.45, 2.75) is 20.4 Å². The fourth-order valence-corrected chi connectivity index (χ4v) is 1.76. The van der Waals surface area contributed by atoms with Gasteiger partial charge in [-0.25, -0.2) is 9.97 Å². The van der Waals surface area contributed by atoms with Gasteiger partial charge in [0.2, 0.25) is 0 Å². The van der Waals surface area contributed by atoms with Gasteiger partial charge in [0.05, 0.1) is 12.8 Å². The Kier molecular flexibility index (Phi) is 4.17. The average molecular weight is 246 g/mol. The van der Waals surface area contributed by atoms with E-state index in [0.29, 0.717) is 6.54 Å². The normalized spacial score (nSPS) is 10.3. The van der Waals surface area contributed by atoms with Gasteiger partial charge >= 0.3 is 0 Å². The molecule has 2 rings (SSSR count). The summed E-state index contributed by atoms with van der Waals surface area (Å²) in [7, 11) is 0. The highest BCUT2D eigenvalue weighted by atomic mass is 16.3. The van der Waals surface area contributed by atoms with Crippen molar-refractivity contribution >= 4 is 11.6 Å². The van der Waals surface area contributed by atoms with E-state index in [4.69, 9.17) is 4.42 Å². The zero-order valence-electron chi connectivity index (χ0n) is 10.8. The number of anilines is 2. The predicted octanol–water partition coefficient (Wildman–Crippen LogP) is 2.53. The summed E-state index contributed by atoms with van der Waals surface area (Å²) in [4.78, 5) is 10.7. The second-order valence-electron chi connectivity index (χ2n) is 3.87. The van der Waals surface area contributed by atoms with Crippen molar-refractivity contribution in [3.8, 4) is 0 Å². The highest BCUT2D eigenvalue weighted by Crippen LogP contribution is 2.14. The molecule has 2 aromatic rings. The van der Waals surface area contributed by atoms with Crippen LogP contribution in [0.1, 0.15) is 19.6 Å². The van der Waals surface area contributed by atoms with Gasteiger partial charge in [-0.2, -0.15) is 0 Å². The first-order valence-corrected chi connectivity index (χ1v) is 6.16. The number of aromatic nitrogens is 2. The van der Waals surface area contributed by atoms with Crippen LogP contribution in [0.2, 0.25) is 0 Å². The minimum atomic E-state index is 0.627. The third kappa shape index (κ3) is 3.00. The molecule has 2 heterocycles. The third-order valence-electron chi connectivity index (χ3n) is 2.76. The van der Waals surface area contributed by atoms with E-state index in [-0.39, 0.29) is 0 Å². The van der Waals surface area contributed by atoms with Crippen LogP contribution in [-0.4, -0.2) is 23.1 Å². The van der Waals surface area contributed by atoms with E-state index in [0.717, 1.165) is 30.5 Å². The lowest BCUT2D eigenvalue weighted by Crippen LogP contribution is -2.23. The minimum Gasteiger partial charge on any atom is -0.467 e. The lowest BCUT2D eigenvalue weighted by molar-refractivity contribution is 0.518. The van der Waals surface area contributed by atoms with Crippen molar-refractivity contribution in [2.24, 2.45) is 0 Å². The molecule has 0 radical (unpaired) electrons. The lowest BCUT2D eigenvalue weighted by Gasteiger charge is -2.19. The monoisotopic (exact) mass is 246 g/mol. The molecule has 0 aliphatic heterocycles. The van der Waals surface area contributed by atoms with Crippen LogP contribution in [0.5, 0.6) is 0 Å². The first kappa shape index (κ1) is 12.4. The topological polar surface area (TPSA) is 54.2 Å². The predicted molar refractivity (Wildman–Crippen MR) is 71.6 cm³/mol. The molecule has 0 fully saturated rings. The molecule has 0 amide bonds. The van der Waals surface area contributed by atoms with Crippen molar-refractivity contribution in [3.63, 3.8) is 0 Å². The Morgan fingerprint density at radius 1 is 1.28 bits per heavy atom. The van der Waals surface area contributed by atoms with Gasteiger partial charge in [0.15, 0.2) is 0 Å². The number of furan rings is 1. The van der Waals surface area contributed by atoms with E-state index >= 15 is 0 Å². The summed E-state index contributed by atoms with van der Waals surface area (Å²) in [5, 5.41) is 3.22. The molecule has 5 heteroatoms. The van der Waals surface area contributed by atoms with Crippen molar-refractivity contribution in [3.05, 3.63) is 36.5 Å². The van der Waals surface area contributed by atoms with E-state index in [2.05, 4.69) is 34.0 Å². The molecule has 0 saturated heterocycles. The summed E-state index contributed by atoms with van der Waals surface area (Å²) < 4.78 is 5.26. The van der Waals surface area contributed by atoms with E-state index in [1.807, 2.05) is 18.2 Å². The maximum Gasteiger partial charge on any atom is 0.134 e. The van der Waals surface area contributed by atoms with Crippen molar-refractivity contribution in [1.82, 2.24) is 9.97 Å². The van der Waals surface area contributed by atoms with Gasteiger partial charge in [-0.1, -0.05) is 0 Å². The van der Waals surface area contributed by atoms with Crippen molar-refractivity contribution < 1.29 is 4.42 Å². The quantitative estimate of drug-likeness (QED) is 0.848. The zero-order valence-corrected chi connectivity index (χ0v) is 10.8. The largest absolute Gasteiger partial charge is 0.467 e. The zero-order chi connectivity index (χ0) is 12.8. The van der Waals surface area contributed by atoms with Crippen LogP contribution >= 0.6 is 0 Å². The van der Waals surface area contributed by atoms with Gasteiger partial charge in [0, 0.05) is 19.2 Å². The van der Waals surface area contributed by atoms with E-state index in [9.17, 15) is 0 Å². The highest BCUT2D eigenvalue weighted by Gasteiger charge is 2.05. The molecule has 0 spiro atoms. The Hall–Kier alpha value is -2.04. The number of nitrogens with one attached hydrogen (secondary N) is 1. The summed E-state index contributed by atoms with van der Waals surface area (Å²) in [6.07, 6.45) is 3.25. The molecule has 2 aromatic heterocycles. The fourth-order valence-electron chi connectivity index (χ4n) is 1.76. The maximum absolute atomic E-state index is 5.26. The molecule has 18 heavy (non-hydrogen) atoms. The summed E-state index contributed by atoms with van der Waals surface area (Å²) in [6, 6.07) is 5.76.